The van der Waals surface area contributed by atoms with Crippen LogP contribution in [0.15, 0.2) is 39.3 Å². The molecule has 1 aliphatic rings. The van der Waals surface area contributed by atoms with Gasteiger partial charge in [0.05, 0.1) is 26.7 Å². The number of allylic oxidation sites excluding steroid dienone is 4. The zero-order valence-electron chi connectivity index (χ0n) is 26.9. The number of rotatable bonds is 5. The van der Waals surface area contributed by atoms with E-state index >= 15 is 0 Å². The molecule has 3 nitrogen and oxygen atoms in total. The lowest BCUT2D eigenvalue weighted by Crippen LogP contribution is -2.38. The molecule has 0 heterocycles. The average Bonchev–Trinajstić information content (AvgIpc) is 2.67. The molecule has 0 spiro atoms. The third-order valence-corrected chi connectivity index (χ3v) is 10.4. The van der Waals surface area contributed by atoms with Gasteiger partial charge in [0.15, 0.2) is 0 Å². The number of benzene rings is 1. The minimum Gasteiger partial charge on any atom is -0.511 e. The molecular weight excluding hydrogens is 635 g/mol. The highest BCUT2D eigenvalue weighted by molar-refractivity contribution is 14.1. The minimum absolute atomic E-state index is 0.0971. The molecule has 39 heavy (non-hydrogen) atoms. The molecule has 1 aliphatic carbocycles. The Labute approximate surface area is 260 Å². The summed E-state index contributed by atoms with van der Waals surface area (Å²) in [6.45, 7) is 33.0. The fourth-order valence-corrected chi connectivity index (χ4v) is 7.94. The van der Waals surface area contributed by atoms with Crippen LogP contribution in [0.2, 0.25) is 0 Å². The minimum atomic E-state index is -0.350. The summed E-state index contributed by atoms with van der Waals surface area (Å²) < 4.78 is 5.34. The van der Waals surface area contributed by atoms with Crippen LogP contribution >= 0.6 is 46.1 Å². The van der Waals surface area contributed by atoms with Gasteiger partial charge < -0.3 is 9.84 Å². The first-order valence-corrected chi connectivity index (χ1v) is 16.5. The Hall–Kier alpha value is -0.600. The summed E-state index contributed by atoms with van der Waals surface area (Å²) in [5.74, 6) is 1.22. The van der Waals surface area contributed by atoms with E-state index in [-0.39, 0.29) is 35.1 Å². The van der Waals surface area contributed by atoms with Gasteiger partial charge in [-0.05, 0) is 70.6 Å². The highest BCUT2D eigenvalue weighted by atomic mass is 127. The van der Waals surface area contributed by atoms with Crippen molar-refractivity contribution in [1.82, 2.24) is 0 Å². The lowest BCUT2D eigenvalue weighted by Gasteiger charge is -2.47. The normalized spacial score (nSPS) is 19.7. The summed E-state index contributed by atoms with van der Waals surface area (Å²) in [5, 5.41) is 11.5. The summed E-state index contributed by atoms with van der Waals surface area (Å²) in [6.07, 6.45) is 3.04. The first-order valence-electron chi connectivity index (χ1n) is 13.8. The Kier molecular flexibility index (Phi) is 9.97. The van der Waals surface area contributed by atoms with Crippen molar-refractivity contribution in [2.24, 2.45) is 16.2 Å². The number of hydrogen-bond acceptors (Lipinski definition) is 5. The van der Waals surface area contributed by atoms with E-state index < -0.39 is 0 Å². The van der Waals surface area contributed by atoms with E-state index in [0.29, 0.717) is 11.5 Å². The van der Waals surface area contributed by atoms with E-state index in [4.69, 9.17) is 4.74 Å². The average molecular weight is 687 g/mol. The molecule has 1 N–H and O–H groups in total. The van der Waals surface area contributed by atoms with Gasteiger partial charge in [0.1, 0.15) is 11.5 Å². The van der Waals surface area contributed by atoms with E-state index in [9.17, 15) is 9.90 Å². The summed E-state index contributed by atoms with van der Waals surface area (Å²) in [7, 11) is 0. The van der Waals surface area contributed by atoms with Crippen LogP contribution in [-0.2, 0) is 10.8 Å². The van der Waals surface area contributed by atoms with Crippen molar-refractivity contribution in [3.8, 4) is 5.75 Å². The predicted molar refractivity (Wildman–Crippen MR) is 181 cm³/mol. The monoisotopic (exact) mass is 686 g/mol. The Morgan fingerprint density at radius 2 is 1.31 bits per heavy atom. The number of aliphatic hydroxyl groups excluding tert-OH is 1. The van der Waals surface area contributed by atoms with Gasteiger partial charge in [-0.25, -0.2) is 4.79 Å². The molecule has 2 rings (SSSR count). The maximum absolute atomic E-state index is 12.1. The second kappa shape index (κ2) is 11.2. The van der Waals surface area contributed by atoms with Crippen molar-refractivity contribution in [2.45, 2.75) is 130 Å². The Morgan fingerprint density at radius 1 is 0.846 bits per heavy atom. The van der Waals surface area contributed by atoms with Gasteiger partial charge in [0, 0.05) is 21.4 Å². The van der Waals surface area contributed by atoms with Gasteiger partial charge in [-0.15, -0.1) is 23.5 Å². The largest absolute Gasteiger partial charge is 0.511 e. The van der Waals surface area contributed by atoms with Crippen molar-refractivity contribution in [3.63, 3.8) is 0 Å². The Morgan fingerprint density at radius 3 is 1.67 bits per heavy atom. The summed E-state index contributed by atoms with van der Waals surface area (Å²) >= 11 is 5.45. The van der Waals surface area contributed by atoms with Gasteiger partial charge in [0.2, 0.25) is 0 Å². The molecule has 1 aromatic rings. The number of aliphatic hydroxyl groups is 1. The molecule has 0 saturated heterocycles. The molecule has 0 amide bonds. The second-order valence-electron chi connectivity index (χ2n) is 15.7. The van der Waals surface area contributed by atoms with Crippen molar-refractivity contribution in [2.75, 3.05) is 0 Å². The van der Waals surface area contributed by atoms with Gasteiger partial charge in [-0.1, -0.05) is 90.0 Å². The molecule has 0 bridgehead atoms. The number of ether oxygens (including phenoxy) is 1. The van der Waals surface area contributed by atoms with E-state index in [1.807, 2.05) is 23.5 Å². The van der Waals surface area contributed by atoms with Crippen LogP contribution in [0, 0.1) is 16.2 Å². The van der Waals surface area contributed by atoms with Crippen molar-refractivity contribution >= 4 is 50.1 Å². The predicted octanol–water partition coefficient (Wildman–Crippen LogP) is 12.0. The number of thioether (sulfide) groups is 2. The van der Waals surface area contributed by atoms with Crippen molar-refractivity contribution in [1.29, 1.82) is 0 Å². The molecule has 0 aliphatic heterocycles. The van der Waals surface area contributed by atoms with Gasteiger partial charge >= 0.3 is 3.98 Å². The number of carbonyl (C=O) groups is 1. The number of halogens is 1. The molecule has 220 valence electrons. The van der Waals surface area contributed by atoms with E-state index in [2.05, 4.69) is 122 Å². The van der Waals surface area contributed by atoms with Crippen LogP contribution in [0.25, 0.3) is 0 Å². The highest BCUT2D eigenvalue weighted by Gasteiger charge is 2.47. The van der Waals surface area contributed by atoms with Crippen LogP contribution in [-0.4, -0.2) is 13.2 Å². The Bertz CT molecular complexity index is 1130. The van der Waals surface area contributed by atoms with Crippen LogP contribution in [0.1, 0.15) is 121 Å². The fraction of sp³-hybridized carbons (Fsp3) is 0.667. The molecule has 1 unspecified atom stereocenters. The third-order valence-electron chi connectivity index (χ3n) is 7.68. The molecule has 0 saturated carbocycles. The van der Waals surface area contributed by atoms with Gasteiger partial charge in [-0.2, -0.15) is 0 Å². The summed E-state index contributed by atoms with van der Waals surface area (Å²) in [5.41, 5.74) is 2.13. The molecular formula is C33H51IO3S2. The van der Waals surface area contributed by atoms with Crippen LogP contribution < -0.4 is 4.74 Å². The molecule has 0 aromatic heterocycles. The maximum atomic E-state index is 12.1. The zero-order chi connectivity index (χ0) is 30.6. The Balaban J connectivity index is 2.60. The molecule has 1 aromatic carbocycles. The smallest absolute Gasteiger partial charge is 0.372 e. The highest BCUT2D eigenvalue weighted by Crippen LogP contribution is 2.58. The fourth-order valence-electron chi connectivity index (χ4n) is 4.85. The maximum Gasteiger partial charge on any atom is 0.372 e. The van der Waals surface area contributed by atoms with Gasteiger partial charge in [0.25, 0.3) is 0 Å². The number of carbonyl (C=O) groups excluding carboxylic acids is 1. The van der Waals surface area contributed by atoms with E-state index in [1.165, 1.54) is 9.80 Å². The standard InChI is InChI=1S/C33H51IO3S2/c1-28(2,3)22-16-20(17-23(29(4,5)6)25(22)37-27(34)36)38-32(13,14)39-21-18-24(30(7,8)9)26(35)33(15,19-21)31(10,11)12/h16-18,35H,19H2,1-15H3. The lowest BCUT2D eigenvalue weighted by atomic mass is 9.61. The SMILES string of the molecule is CC(C)(SC1=CC(C(C)(C)C)=C(O)C(C)(C(C)(C)C)C1)Sc1cc(C(C)(C)C)c(OC(=O)I)c(C(C)(C)C)c1. The summed E-state index contributed by atoms with van der Waals surface area (Å²) in [6, 6.07) is 4.41. The zero-order valence-corrected chi connectivity index (χ0v) is 30.7. The third kappa shape index (κ3) is 8.24. The topological polar surface area (TPSA) is 46.5 Å². The molecule has 1 atom stereocenters. The molecule has 0 radical (unpaired) electrons. The van der Waals surface area contributed by atoms with Gasteiger partial charge in [-0.3, -0.25) is 0 Å². The summed E-state index contributed by atoms with van der Waals surface area (Å²) in [4.78, 5) is 14.5. The second-order valence-corrected chi connectivity index (χ2v) is 20.3. The molecule has 0 fully saturated rings. The van der Waals surface area contributed by atoms with E-state index in [1.54, 1.807) is 22.6 Å². The first-order chi connectivity index (χ1) is 17.2. The number of hydrogen-bond donors (Lipinski definition) is 1. The molecule has 6 heteroatoms. The van der Waals surface area contributed by atoms with Crippen LogP contribution in [0.4, 0.5) is 4.79 Å². The van der Waals surface area contributed by atoms with Crippen molar-refractivity contribution in [3.05, 3.63) is 45.6 Å². The quantitative estimate of drug-likeness (QED) is 0.145. The lowest BCUT2D eigenvalue weighted by molar-refractivity contribution is 0.0872. The van der Waals surface area contributed by atoms with E-state index in [0.717, 1.165) is 23.1 Å². The van der Waals surface area contributed by atoms with Crippen LogP contribution in [0.3, 0.4) is 0 Å². The first kappa shape index (κ1) is 34.6. The van der Waals surface area contributed by atoms with Crippen LogP contribution in [0.5, 0.6) is 5.75 Å². The van der Waals surface area contributed by atoms with Crippen molar-refractivity contribution < 1.29 is 14.6 Å².